The molecule has 0 heterocycles. The maximum Gasteiger partial charge on any atom is 0.330 e. The van der Waals surface area contributed by atoms with Crippen LogP contribution in [0.15, 0.2) is 12.7 Å². The van der Waals surface area contributed by atoms with Crippen molar-refractivity contribution < 1.29 is 32.0 Å². The smallest absolute Gasteiger partial charge is 0.330 e. The molecule has 0 saturated heterocycles. The molecule has 0 fully saturated rings. The van der Waals surface area contributed by atoms with Gasteiger partial charge in [-0.3, -0.25) is 9.35 Å². The highest BCUT2D eigenvalue weighted by molar-refractivity contribution is 7.85. The third-order valence-electron chi connectivity index (χ3n) is 2.33. The number of esters is 2. The summed E-state index contributed by atoms with van der Waals surface area (Å²) in [7, 11) is -4.10. The van der Waals surface area contributed by atoms with Crippen molar-refractivity contribution in [3.05, 3.63) is 12.7 Å². The van der Waals surface area contributed by atoms with E-state index in [0.29, 0.717) is 19.3 Å². The molecule has 1 atom stereocenters. The normalized spacial score (nSPS) is 12.5. The lowest BCUT2D eigenvalue weighted by Gasteiger charge is -2.11. The van der Waals surface area contributed by atoms with Crippen molar-refractivity contribution in [1.82, 2.24) is 0 Å². The van der Waals surface area contributed by atoms with Crippen LogP contribution >= 0.6 is 0 Å². The van der Waals surface area contributed by atoms with Gasteiger partial charge in [-0.05, 0) is 26.2 Å². The lowest BCUT2D eigenvalue weighted by atomic mass is 10.1. The van der Waals surface area contributed by atoms with Crippen molar-refractivity contribution in [1.29, 1.82) is 0 Å². The minimum absolute atomic E-state index is 0.146. The van der Waals surface area contributed by atoms with E-state index >= 15 is 0 Å². The topological polar surface area (TPSA) is 107 Å². The van der Waals surface area contributed by atoms with Gasteiger partial charge < -0.3 is 9.47 Å². The molecule has 0 aromatic rings. The summed E-state index contributed by atoms with van der Waals surface area (Å²) in [6.45, 7) is 4.67. The second-order valence-electron chi connectivity index (χ2n) is 4.20. The molecule has 7 nitrogen and oxygen atoms in total. The molecule has 0 amide bonds. The van der Waals surface area contributed by atoms with Gasteiger partial charge in [-0.2, -0.15) is 8.42 Å². The zero-order valence-corrected chi connectivity index (χ0v) is 12.2. The fourth-order valence-corrected chi connectivity index (χ4v) is 1.63. The number of hydrogen-bond donors (Lipinski definition) is 1. The van der Waals surface area contributed by atoms with E-state index < -0.39 is 27.8 Å². The van der Waals surface area contributed by atoms with E-state index in [-0.39, 0.29) is 19.1 Å². The monoisotopic (exact) mass is 308 g/mol. The second-order valence-corrected chi connectivity index (χ2v) is 5.78. The number of hydrogen-bond acceptors (Lipinski definition) is 6. The molecule has 0 aliphatic carbocycles. The van der Waals surface area contributed by atoms with Crippen LogP contribution in [0.1, 0.15) is 32.6 Å². The molecule has 0 aliphatic heterocycles. The van der Waals surface area contributed by atoms with Crippen LogP contribution in [0.4, 0.5) is 0 Å². The predicted octanol–water partition coefficient (Wildman–Crippen LogP) is 1.10. The van der Waals surface area contributed by atoms with Gasteiger partial charge in [-0.15, -0.1) is 0 Å². The predicted molar refractivity (Wildman–Crippen MR) is 71.6 cm³/mol. The SMILES string of the molecule is C=CC(=O)OC(C)CCCCC(=O)OCCS(=O)(=O)O. The van der Waals surface area contributed by atoms with Gasteiger partial charge in [0.05, 0.1) is 6.10 Å². The minimum Gasteiger partial charge on any atom is -0.464 e. The molecular formula is C12H20O7S. The highest BCUT2D eigenvalue weighted by Gasteiger charge is 2.09. The molecule has 8 heteroatoms. The molecule has 0 spiro atoms. The van der Waals surface area contributed by atoms with Crippen LogP contribution in [0.3, 0.4) is 0 Å². The standard InChI is InChI=1S/C12H20O7S/c1-3-11(13)19-10(2)6-4-5-7-12(14)18-8-9-20(15,16)17/h3,10H,1,4-9H2,2H3,(H,15,16,17). The summed E-state index contributed by atoms with van der Waals surface area (Å²) in [6, 6.07) is 0. The average molecular weight is 308 g/mol. The first-order valence-corrected chi connectivity index (χ1v) is 7.79. The molecule has 0 saturated carbocycles. The van der Waals surface area contributed by atoms with Crippen molar-refractivity contribution in [2.24, 2.45) is 0 Å². The Labute approximate surface area is 118 Å². The van der Waals surface area contributed by atoms with Crippen molar-refractivity contribution >= 4 is 22.1 Å². The number of unbranched alkanes of at least 4 members (excludes halogenated alkanes) is 1. The molecule has 0 aromatic carbocycles. The van der Waals surface area contributed by atoms with Crippen molar-refractivity contribution in [3.63, 3.8) is 0 Å². The maximum absolute atomic E-state index is 11.2. The molecular weight excluding hydrogens is 288 g/mol. The number of carbonyl (C=O) groups is 2. The molecule has 0 aromatic heterocycles. The molecule has 1 N–H and O–H groups in total. The van der Waals surface area contributed by atoms with E-state index in [0.717, 1.165) is 6.08 Å². The molecule has 20 heavy (non-hydrogen) atoms. The van der Waals surface area contributed by atoms with E-state index in [1.54, 1.807) is 6.92 Å². The van der Waals surface area contributed by atoms with Crippen LogP contribution in [0.5, 0.6) is 0 Å². The van der Waals surface area contributed by atoms with Gasteiger partial charge in [0.25, 0.3) is 10.1 Å². The molecule has 116 valence electrons. The molecule has 0 radical (unpaired) electrons. The first-order valence-electron chi connectivity index (χ1n) is 6.18. The molecule has 0 bridgehead atoms. The van der Waals surface area contributed by atoms with Crippen LogP contribution in [0.2, 0.25) is 0 Å². The van der Waals surface area contributed by atoms with Crippen LogP contribution in [0.25, 0.3) is 0 Å². The van der Waals surface area contributed by atoms with E-state index in [2.05, 4.69) is 11.3 Å². The van der Waals surface area contributed by atoms with E-state index in [9.17, 15) is 18.0 Å². The first-order chi connectivity index (χ1) is 9.24. The van der Waals surface area contributed by atoms with Gasteiger partial charge in [0.2, 0.25) is 0 Å². The summed E-state index contributed by atoms with van der Waals surface area (Å²) >= 11 is 0. The fraction of sp³-hybridized carbons (Fsp3) is 0.667. The van der Waals surface area contributed by atoms with Gasteiger partial charge in [-0.25, -0.2) is 4.79 Å². The Morgan fingerprint density at radius 3 is 2.55 bits per heavy atom. The van der Waals surface area contributed by atoms with E-state index in [1.165, 1.54) is 0 Å². The van der Waals surface area contributed by atoms with Crippen molar-refractivity contribution in [2.75, 3.05) is 12.4 Å². The number of carbonyl (C=O) groups excluding carboxylic acids is 2. The first kappa shape index (κ1) is 18.6. The Kier molecular flexibility index (Phi) is 8.82. The average Bonchev–Trinajstić information content (AvgIpc) is 2.33. The lowest BCUT2D eigenvalue weighted by Crippen LogP contribution is -2.15. The Hall–Kier alpha value is -1.41. The zero-order valence-electron chi connectivity index (χ0n) is 11.4. The summed E-state index contributed by atoms with van der Waals surface area (Å²) < 4.78 is 38.8. The Balaban J connectivity index is 3.62. The molecule has 0 aliphatic rings. The van der Waals surface area contributed by atoms with Crippen LogP contribution in [-0.2, 0) is 29.2 Å². The fourth-order valence-electron chi connectivity index (χ4n) is 1.34. The largest absolute Gasteiger partial charge is 0.464 e. The maximum atomic E-state index is 11.2. The summed E-state index contributed by atoms with van der Waals surface area (Å²) in [6.07, 6.45) is 2.80. The Morgan fingerprint density at radius 1 is 1.35 bits per heavy atom. The summed E-state index contributed by atoms with van der Waals surface area (Å²) in [4.78, 5) is 22.1. The number of rotatable bonds is 10. The molecule has 1 unspecified atom stereocenters. The van der Waals surface area contributed by atoms with Gasteiger partial charge >= 0.3 is 11.9 Å². The number of ether oxygens (including phenoxy) is 2. The van der Waals surface area contributed by atoms with Crippen LogP contribution < -0.4 is 0 Å². The third kappa shape index (κ3) is 11.7. The Morgan fingerprint density at radius 2 is 2.00 bits per heavy atom. The van der Waals surface area contributed by atoms with Crippen LogP contribution in [0, 0.1) is 0 Å². The third-order valence-corrected chi connectivity index (χ3v) is 3.01. The van der Waals surface area contributed by atoms with Crippen molar-refractivity contribution in [3.8, 4) is 0 Å². The van der Waals surface area contributed by atoms with E-state index in [4.69, 9.17) is 9.29 Å². The highest BCUT2D eigenvalue weighted by Crippen LogP contribution is 2.07. The Bertz CT molecular complexity index is 427. The zero-order chi connectivity index (χ0) is 15.6. The lowest BCUT2D eigenvalue weighted by molar-refractivity contribution is -0.144. The second kappa shape index (κ2) is 9.49. The van der Waals surface area contributed by atoms with Crippen LogP contribution in [-0.4, -0.2) is 43.4 Å². The minimum atomic E-state index is -4.10. The van der Waals surface area contributed by atoms with E-state index in [1.807, 2.05) is 0 Å². The van der Waals surface area contributed by atoms with Crippen molar-refractivity contribution in [2.45, 2.75) is 38.7 Å². The van der Waals surface area contributed by atoms with Gasteiger partial charge in [-0.1, -0.05) is 6.58 Å². The summed E-state index contributed by atoms with van der Waals surface area (Å²) in [5.74, 6) is -1.61. The molecule has 0 rings (SSSR count). The van der Waals surface area contributed by atoms with Gasteiger partial charge in [0.15, 0.2) is 0 Å². The summed E-state index contributed by atoms with van der Waals surface area (Å²) in [5.41, 5.74) is 0. The van der Waals surface area contributed by atoms with Gasteiger partial charge in [0.1, 0.15) is 12.4 Å². The summed E-state index contributed by atoms with van der Waals surface area (Å²) in [5, 5.41) is 0. The highest BCUT2D eigenvalue weighted by atomic mass is 32.2. The quantitative estimate of drug-likeness (QED) is 0.278. The van der Waals surface area contributed by atoms with Gasteiger partial charge in [0, 0.05) is 12.5 Å².